The van der Waals surface area contributed by atoms with E-state index < -0.39 is 0 Å². The van der Waals surface area contributed by atoms with Crippen molar-refractivity contribution in [2.75, 3.05) is 11.4 Å². The minimum atomic E-state index is -0.369. The number of fused-ring (bicyclic) bond motifs is 1. The average molecular weight is 455 g/mol. The number of carbonyl (C=O) groups is 2. The molecule has 1 aliphatic heterocycles. The number of hydrogen-bond donors (Lipinski definition) is 1. The molecule has 6 nitrogen and oxygen atoms in total. The number of benzene rings is 3. The van der Waals surface area contributed by atoms with Gasteiger partial charge in [0.1, 0.15) is 12.4 Å². The first-order chi connectivity index (χ1) is 16.7. The van der Waals surface area contributed by atoms with Gasteiger partial charge < -0.3 is 19.4 Å². The van der Waals surface area contributed by atoms with Gasteiger partial charge in [-0.1, -0.05) is 60.7 Å². The van der Waals surface area contributed by atoms with Crippen LogP contribution < -0.4 is 10.2 Å². The van der Waals surface area contributed by atoms with Gasteiger partial charge in [0.15, 0.2) is 0 Å². The lowest BCUT2D eigenvalue weighted by molar-refractivity contribution is -0.126. The molecule has 172 valence electrons. The van der Waals surface area contributed by atoms with Crippen molar-refractivity contribution in [1.82, 2.24) is 5.32 Å². The second-order valence-electron chi connectivity index (χ2n) is 8.51. The molecule has 0 radical (unpaired) electrons. The summed E-state index contributed by atoms with van der Waals surface area (Å²) in [6, 6.07) is 25.5. The number of amides is 2. The van der Waals surface area contributed by atoms with Gasteiger partial charge in [0.25, 0.3) is 0 Å². The van der Waals surface area contributed by atoms with Gasteiger partial charge >= 0.3 is 0 Å². The molecule has 1 saturated heterocycles. The van der Waals surface area contributed by atoms with Gasteiger partial charge in [-0.3, -0.25) is 9.59 Å². The van der Waals surface area contributed by atoms with E-state index in [9.17, 15) is 9.59 Å². The lowest BCUT2D eigenvalue weighted by Crippen LogP contribution is -2.32. The number of furan rings is 1. The summed E-state index contributed by atoms with van der Waals surface area (Å²) in [6.45, 7) is 1.67. The van der Waals surface area contributed by atoms with Crippen LogP contribution in [0.25, 0.3) is 10.8 Å². The van der Waals surface area contributed by atoms with E-state index in [1.165, 1.54) is 0 Å². The molecule has 34 heavy (non-hydrogen) atoms. The molecule has 3 aromatic carbocycles. The van der Waals surface area contributed by atoms with Crippen molar-refractivity contribution in [2.45, 2.75) is 26.2 Å². The Morgan fingerprint density at radius 2 is 1.79 bits per heavy atom. The molecular formula is C28H26N2O4. The van der Waals surface area contributed by atoms with Crippen LogP contribution in [0.4, 0.5) is 5.69 Å². The Balaban J connectivity index is 1.17. The largest absolute Gasteiger partial charge is 0.467 e. The number of nitrogens with zero attached hydrogens (tertiary/aromatic N) is 1. The maximum Gasteiger partial charge on any atom is 0.227 e. The first-order valence-corrected chi connectivity index (χ1v) is 11.4. The predicted molar refractivity (Wildman–Crippen MR) is 130 cm³/mol. The third-order valence-electron chi connectivity index (χ3n) is 6.10. The van der Waals surface area contributed by atoms with Gasteiger partial charge in [-0.05, 0) is 34.7 Å². The Morgan fingerprint density at radius 1 is 0.971 bits per heavy atom. The Kier molecular flexibility index (Phi) is 6.40. The predicted octanol–water partition coefficient (Wildman–Crippen LogP) is 4.82. The number of rotatable bonds is 8. The monoisotopic (exact) mass is 454 g/mol. The van der Waals surface area contributed by atoms with Crippen LogP contribution in [-0.2, 0) is 34.1 Å². The lowest BCUT2D eigenvalue weighted by atomic mass is 10.1. The summed E-state index contributed by atoms with van der Waals surface area (Å²) in [5.74, 6) is 0.293. The van der Waals surface area contributed by atoms with E-state index in [1.807, 2.05) is 78.9 Å². The van der Waals surface area contributed by atoms with Crippen molar-refractivity contribution >= 4 is 28.3 Å². The highest BCUT2D eigenvalue weighted by molar-refractivity contribution is 6.06. The molecule has 0 aliphatic carbocycles. The van der Waals surface area contributed by atoms with Crippen LogP contribution in [0, 0.1) is 5.92 Å². The molecule has 0 saturated carbocycles. The Bertz CT molecular complexity index is 1290. The van der Waals surface area contributed by atoms with Gasteiger partial charge in [0, 0.05) is 24.9 Å². The van der Waals surface area contributed by atoms with Crippen molar-refractivity contribution in [3.63, 3.8) is 0 Å². The number of anilines is 1. The van der Waals surface area contributed by atoms with Crippen LogP contribution in [0.15, 0.2) is 89.5 Å². The van der Waals surface area contributed by atoms with E-state index in [0.717, 1.165) is 33.3 Å². The molecule has 1 unspecified atom stereocenters. The fourth-order valence-corrected chi connectivity index (χ4v) is 4.39. The van der Waals surface area contributed by atoms with E-state index in [4.69, 9.17) is 9.15 Å². The van der Waals surface area contributed by atoms with Crippen LogP contribution in [0.2, 0.25) is 0 Å². The molecule has 6 heteroatoms. The zero-order chi connectivity index (χ0) is 23.3. The van der Waals surface area contributed by atoms with Gasteiger partial charge in [0.2, 0.25) is 11.8 Å². The Hall–Kier alpha value is -3.90. The molecule has 1 aliphatic rings. The van der Waals surface area contributed by atoms with Gasteiger partial charge in [-0.15, -0.1) is 0 Å². The van der Waals surface area contributed by atoms with Crippen molar-refractivity contribution in [2.24, 2.45) is 5.92 Å². The fourth-order valence-electron chi connectivity index (χ4n) is 4.39. The summed E-state index contributed by atoms with van der Waals surface area (Å²) < 4.78 is 11.0. The summed E-state index contributed by atoms with van der Waals surface area (Å²) >= 11 is 0. The topological polar surface area (TPSA) is 71.8 Å². The molecule has 5 rings (SSSR count). The molecule has 2 amide bonds. The molecule has 1 atom stereocenters. The fraction of sp³-hybridized carbons (Fsp3) is 0.214. The Labute approximate surface area is 198 Å². The van der Waals surface area contributed by atoms with Crippen LogP contribution in [0.5, 0.6) is 0 Å². The molecule has 4 aromatic rings. The molecule has 1 fully saturated rings. The molecule has 1 N–H and O–H groups in total. The zero-order valence-corrected chi connectivity index (χ0v) is 18.8. The van der Waals surface area contributed by atoms with Crippen LogP contribution in [0.1, 0.15) is 23.3 Å². The van der Waals surface area contributed by atoms with Crippen molar-refractivity contribution in [3.8, 4) is 0 Å². The third-order valence-corrected chi connectivity index (χ3v) is 6.10. The number of carbonyl (C=O) groups excluding carboxylic acids is 2. The average Bonchev–Trinajstić information content (AvgIpc) is 3.52. The zero-order valence-electron chi connectivity index (χ0n) is 18.8. The highest BCUT2D eigenvalue weighted by Gasteiger charge is 2.35. The van der Waals surface area contributed by atoms with E-state index in [1.54, 1.807) is 11.2 Å². The normalized spacial score (nSPS) is 15.7. The quantitative estimate of drug-likeness (QED) is 0.414. The standard InChI is InChI=1S/C28H26N2O4/c31-27-15-23(17-30(27)26-12-4-9-22-8-1-2-11-25(22)26)28(32)29-16-20-6-3-7-21(14-20)18-33-19-24-10-5-13-34-24/h1-14,23H,15-19H2,(H,29,32). The van der Waals surface area contributed by atoms with Crippen LogP contribution >= 0.6 is 0 Å². The maximum absolute atomic E-state index is 12.9. The highest BCUT2D eigenvalue weighted by Crippen LogP contribution is 2.31. The van der Waals surface area contributed by atoms with Crippen molar-refractivity contribution < 1.29 is 18.7 Å². The first kappa shape index (κ1) is 21.9. The van der Waals surface area contributed by atoms with Crippen LogP contribution in [-0.4, -0.2) is 18.4 Å². The molecule has 0 bridgehead atoms. The SMILES string of the molecule is O=C(NCc1cccc(COCc2ccco2)c1)C1CC(=O)N(c2cccc3ccccc23)C1. The molecular weight excluding hydrogens is 428 g/mol. The lowest BCUT2D eigenvalue weighted by Gasteiger charge is -2.19. The van der Waals surface area contributed by atoms with Gasteiger partial charge in [-0.25, -0.2) is 0 Å². The number of nitrogens with one attached hydrogen (secondary N) is 1. The van der Waals surface area contributed by atoms with Crippen molar-refractivity contribution in [1.29, 1.82) is 0 Å². The highest BCUT2D eigenvalue weighted by atomic mass is 16.5. The summed E-state index contributed by atoms with van der Waals surface area (Å²) in [4.78, 5) is 27.4. The van der Waals surface area contributed by atoms with Crippen molar-refractivity contribution in [3.05, 3.63) is 102 Å². The number of ether oxygens (including phenoxy) is 1. The first-order valence-electron chi connectivity index (χ1n) is 11.4. The smallest absolute Gasteiger partial charge is 0.227 e. The second kappa shape index (κ2) is 9.93. The van der Waals surface area contributed by atoms with E-state index >= 15 is 0 Å². The van der Waals surface area contributed by atoms with E-state index in [-0.39, 0.29) is 24.2 Å². The summed E-state index contributed by atoms with van der Waals surface area (Å²) in [6.07, 6.45) is 1.84. The maximum atomic E-state index is 12.9. The molecule has 1 aromatic heterocycles. The summed E-state index contributed by atoms with van der Waals surface area (Å²) in [5, 5.41) is 5.10. The Morgan fingerprint density at radius 3 is 2.68 bits per heavy atom. The van der Waals surface area contributed by atoms with Gasteiger partial charge in [-0.2, -0.15) is 0 Å². The summed E-state index contributed by atoms with van der Waals surface area (Å²) in [7, 11) is 0. The van der Waals surface area contributed by atoms with Gasteiger partial charge in [0.05, 0.1) is 24.5 Å². The van der Waals surface area contributed by atoms with E-state index in [0.29, 0.717) is 26.3 Å². The second-order valence-corrected chi connectivity index (χ2v) is 8.51. The molecule has 0 spiro atoms. The molecule has 2 heterocycles. The van der Waals surface area contributed by atoms with Crippen LogP contribution in [0.3, 0.4) is 0 Å². The number of hydrogen-bond acceptors (Lipinski definition) is 4. The van der Waals surface area contributed by atoms with E-state index in [2.05, 4.69) is 5.32 Å². The summed E-state index contributed by atoms with van der Waals surface area (Å²) in [5.41, 5.74) is 2.87. The minimum absolute atomic E-state index is 0.0211. The minimum Gasteiger partial charge on any atom is -0.467 e. The third kappa shape index (κ3) is 4.87.